The van der Waals surface area contributed by atoms with E-state index in [9.17, 15) is 17.6 Å². The van der Waals surface area contributed by atoms with Crippen molar-refractivity contribution >= 4 is 21.6 Å². The van der Waals surface area contributed by atoms with Crippen LogP contribution in [0.4, 0.5) is 10.1 Å². The van der Waals surface area contributed by atoms with Crippen molar-refractivity contribution in [3.05, 3.63) is 30.1 Å². The molecule has 26 heavy (non-hydrogen) atoms. The second kappa shape index (κ2) is 8.32. The summed E-state index contributed by atoms with van der Waals surface area (Å²) >= 11 is 0. The van der Waals surface area contributed by atoms with Crippen LogP contribution in [0.25, 0.3) is 0 Å². The van der Waals surface area contributed by atoms with Gasteiger partial charge in [-0.3, -0.25) is 9.69 Å². The summed E-state index contributed by atoms with van der Waals surface area (Å²) in [6.07, 6.45) is 0.591. The molecule has 2 saturated heterocycles. The highest BCUT2D eigenvalue weighted by Gasteiger charge is 2.29. The lowest BCUT2D eigenvalue weighted by molar-refractivity contribution is -0.121. The molecule has 3 rings (SSSR count). The van der Waals surface area contributed by atoms with E-state index in [0.29, 0.717) is 19.5 Å². The van der Waals surface area contributed by atoms with E-state index in [0.717, 1.165) is 38.4 Å². The van der Waals surface area contributed by atoms with Gasteiger partial charge < -0.3 is 10.2 Å². The molecule has 1 amide bonds. The molecule has 0 bridgehead atoms. The van der Waals surface area contributed by atoms with Gasteiger partial charge in [0.25, 0.3) is 0 Å². The summed E-state index contributed by atoms with van der Waals surface area (Å²) in [6, 6.07) is 6.52. The maximum absolute atomic E-state index is 13.0. The van der Waals surface area contributed by atoms with Gasteiger partial charge in [-0.1, -0.05) is 0 Å². The number of halogens is 1. The molecule has 0 spiro atoms. The van der Waals surface area contributed by atoms with Crippen molar-refractivity contribution in [2.75, 3.05) is 63.0 Å². The second-order valence-corrected chi connectivity index (χ2v) is 8.75. The van der Waals surface area contributed by atoms with Crippen molar-refractivity contribution in [1.82, 2.24) is 14.5 Å². The number of piperazine rings is 1. The minimum absolute atomic E-state index is 0.0827. The lowest BCUT2D eigenvalue weighted by Gasteiger charge is -2.36. The Labute approximate surface area is 153 Å². The third-order valence-corrected chi connectivity index (χ3v) is 6.74. The van der Waals surface area contributed by atoms with E-state index in [2.05, 4.69) is 15.1 Å². The zero-order chi connectivity index (χ0) is 18.6. The first-order chi connectivity index (χ1) is 12.4. The van der Waals surface area contributed by atoms with Gasteiger partial charge in [-0.15, -0.1) is 0 Å². The van der Waals surface area contributed by atoms with Crippen LogP contribution in [-0.2, 0) is 14.8 Å². The number of carbonyl (C=O) groups is 1. The molecule has 144 valence electrons. The Kier molecular flexibility index (Phi) is 6.10. The van der Waals surface area contributed by atoms with E-state index >= 15 is 0 Å². The van der Waals surface area contributed by atoms with Crippen molar-refractivity contribution in [2.45, 2.75) is 6.42 Å². The summed E-state index contributed by atoms with van der Waals surface area (Å²) in [5.41, 5.74) is 1.02. The number of nitrogens with zero attached hydrogens (tertiary/aromatic N) is 3. The van der Waals surface area contributed by atoms with Gasteiger partial charge in [-0.2, -0.15) is 4.31 Å². The topological polar surface area (TPSA) is 73.0 Å². The van der Waals surface area contributed by atoms with Crippen LogP contribution >= 0.6 is 0 Å². The molecule has 0 radical (unpaired) electrons. The van der Waals surface area contributed by atoms with Crippen LogP contribution in [0.3, 0.4) is 0 Å². The number of amides is 1. The van der Waals surface area contributed by atoms with Crippen molar-refractivity contribution in [1.29, 1.82) is 0 Å². The Morgan fingerprint density at radius 3 is 2.38 bits per heavy atom. The van der Waals surface area contributed by atoms with Gasteiger partial charge in [0, 0.05) is 51.5 Å². The maximum atomic E-state index is 13.0. The standard InChI is InChI=1S/C17H25FN4O3S/c18-15-2-4-16(5-3-15)21-11-9-20(10-12-21)8-6-19-17(23)14-22-7-1-13-26(22,24)25/h2-5H,1,6-14H2,(H,19,23). The molecule has 2 aliphatic rings. The van der Waals surface area contributed by atoms with Crippen LogP contribution in [0.15, 0.2) is 24.3 Å². The molecule has 1 aromatic carbocycles. The molecule has 0 saturated carbocycles. The summed E-state index contributed by atoms with van der Waals surface area (Å²) in [5.74, 6) is -0.344. The highest BCUT2D eigenvalue weighted by atomic mass is 32.2. The summed E-state index contributed by atoms with van der Waals surface area (Å²) in [7, 11) is -3.23. The van der Waals surface area contributed by atoms with Gasteiger partial charge in [0.2, 0.25) is 15.9 Å². The molecule has 9 heteroatoms. The predicted molar refractivity (Wildman–Crippen MR) is 98.0 cm³/mol. The average Bonchev–Trinajstić information content (AvgIpc) is 2.94. The zero-order valence-corrected chi connectivity index (χ0v) is 15.5. The van der Waals surface area contributed by atoms with E-state index < -0.39 is 10.0 Å². The third-order valence-electron chi connectivity index (χ3n) is 4.84. The van der Waals surface area contributed by atoms with Crippen LogP contribution in [-0.4, -0.2) is 81.6 Å². The highest BCUT2D eigenvalue weighted by molar-refractivity contribution is 7.89. The number of carbonyl (C=O) groups excluding carboxylic acids is 1. The maximum Gasteiger partial charge on any atom is 0.235 e. The van der Waals surface area contributed by atoms with Gasteiger partial charge in [0.05, 0.1) is 12.3 Å². The van der Waals surface area contributed by atoms with Crippen molar-refractivity contribution < 1.29 is 17.6 Å². The Morgan fingerprint density at radius 2 is 1.77 bits per heavy atom. The zero-order valence-electron chi connectivity index (χ0n) is 14.7. The fourth-order valence-corrected chi connectivity index (χ4v) is 4.79. The molecular weight excluding hydrogens is 359 g/mol. The van der Waals surface area contributed by atoms with Gasteiger partial charge >= 0.3 is 0 Å². The number of hydrogen-bond acceptors (Lipinski definition) is 5. The quantitative estimate of drug-likeness (QED) is 0.753. The van der Waals surface area contributed by atoms with E-state index in [4.69, 9.17) is 0 Å². The van der Waals surface area contributed by atoms with E-state index in [-0.39, 0.29) is 24.0 Å². The summed E-state index contributed by atoms with van der Waals surface area (Å²) in [5, 5.41) is 2.80. The molecule has 7 nitrogen and oxygen atoms in total. The second-order valence-electron chi connectivity index (χ2n) is 6.66. The Balaban J connectivity index is 1.35. The monoisotopic (exact) mass is 384 g/mol. The largest absolute Gasteiger partial charge is 0.369 e. The first-order valence-corrected chi connectivity index (χ1v) is 10.5. The number of rotatable bonds is 6. The van der Waals surface area contributed by atoms with Crippen LogP contribution in [0.1, 0.15) is 6.42 Å². The summed E-state index contributed by atoms with van der Waals surface area (Å²) in [6.45, 7) is 5.03. The molecule has 1 aromatic rings. The van der Waals surface area contributed by atoms with Crippen LogP contribution < -0.4 is 10.2 Å². The normalized spacial score (nSPS) is 21.0. The number of anilines is 1. The van der Waals surface area contributed by atoms with Gasteiger partial charge in [0.15, 0.2) is 0 Å². The SMILES string of the molecule is O=C(CN1CCCS1(=O)=O)NCCN1CCN(c2ccc(F)cc2)CC1. The highest BCUT2D eigenvalue weighted by Crippen LogP contribution is 2.16. The fraction of sp³-hybridized carbons (Fsp3) is 0.588. The lowest BCUT2D eigenvalue weighted by atomic mass is 10.2. The van der Waals surface area contributed by atoms with Gasteiger partial charge in [0.1, 0.15) is 5.82 Å². The smallest absolute Gasteiger partial charge is 0.235 e. The Morgan fingerprint density at radius 1 is 1.08 bits per heavy atom. The minimum atomic E-state index is -3.23. The molecule has 0 atom stereocenters. The Bertz CT molecular complexity index is 718. The number of nitrogens with one attached hydrogen (secondary N) is 1. The minimum Gasteiger partial charge on any atom is -0.369 e. The number of benzene rings is 1. The predicted octanol–water partition coefficient (Wildman–Crippen LogP) is 0.0994. The fourth-order valence-electron chi connectivity index (χ4n) is 3.32. The van der Waals surface area contributed by atoms with Crippen LogP contribution in [0.5, 0.6) is 0 Å². The summed E-state index contributed by atoms with van der Waals surface area (Å²) < 4.78 is 37.6. The summed E-state index contributed by atoms with van der Waals surface area (Å²) in [4.78, 5) is 16.4. The molecule has 2 heterocycles. The van der Waals surface area contributed by atoms with Crippen molar-refractivity contribution in [3.8, 4) is 0 Å². The first-order valence-electron chi connectivity index (χ1n) is 8.91. The van der Waals surface area contributed by atoms with Crippen LogP contribution in [0.2, 0.25) is 0 Å². The Hall–Kier alpha value is -1.71. The molecule has 0 aliphatic carbocycles. The molecule has 2 fully saturated rings. The number of hydrogen-bond donors (Lipinski definition) is 1. The van der Waals surface area contributed by atoms with E-state index in [1.807, 2.05) is 0 Å². The van der Waals surface area contributed by atoms with Gasteiger partial charge in [-0.05, 0) is 30.7 Å². The molecule has 0 unspecified atom stereocenters. The van der Waals surface area contributed by atoms with Crippen molar-refractivity contribution in [3.63, 3.8) is 0 Å². The van der Waals surface area contributed by atoms with E-state index in [1.165, 1.54) is 16.4 Å². The lowest BCUT2D eigenvalue weighted by Crippen LogP contribution is -2.49. The third kappa shape index (κ3) is 4.93. The van der Waals surface area contributed by atoms with Crippen molar-refractivity contribution in [2.24, 2.45) is 0 Å². The number of sulfonamides is 1. The van der Waals surface area contributed by atoms with E-state index in [1.54, 1.807) is 12.1 Å². The molecular formula is C17H25FN4O3S. The first kappa shape index (κ1) is 19.1. The van der Waals surface area contributed by atoms with Gasteiger partial charge in [-0.25, -0.2) is 12.8 Å². The molecule has 1 N–H and O–H groups in total. The molecule has 2 aliphatic heterocycles. The molecule has 0 aromatic heterocycles. The van der Waals surface area contributed by atoms with Crippen LogP contribution in [0, 0.1) is 5.82 Å². The average molecular weight is 384 g/mol.